The number of aliphatic hydroxyl groups excluding tert-OH is 4. The van der Waals surface area contributed by atoms with Crippen molar-refractivity contribution in [2.45, 2.75) is 139 Å². The lowest BCUT2D eigenvalue weighted by Gasteiger charge is -2.34. The molecule has 28 nitrogen and oxygen atoms in total. The van der Waals surface area contributed by atoms with E-state index in [1.165, 1.54) is 7.11 Å². The standard InChI is InChI=1S/C45H69N11O17/c1-20(2)26(40(64)65)54-44(68)55-27(23-12-16-50-43(46)51-23)38(63)53-28(30(58)21(3)4)37(62)49-15-9-14-48-29(41(66)67)34(35-32(60)33(61)39(72-35)56-17-13-25(57)52-45(56)69)73-42-36(70-5)31(59)24(71-42)19-47-18-22-10-7-6-8-11-22/h6-8,10-11,13,17,20-21,23-24,26-36,39,42,47-48,58-61H,9,12,14-16,18-19H2,1-5H3,(H,49,62)(H,53,63)(H,64,65)(H,66,67)(H3,46,50,51)(H,52,57,69)(H2,54,55,68)/t23?,24-,26?,27?,28?,29?,30?,31-,32+,33-,34?,35+,36-,39-,42?/m1/s1. The monoisotopic (exact) mass is 1040 g/mol. The summed E-state index contributed by atoms with van der Waals surface area (Å²) in [6.45, 7) is 6.60. The van der Waals surface area contributed by atoms with Crippen LogP contribution in [-0.4, -0.2) is 195 Å². The fourth-order valence-electron chi connectivity index (χ4n) is 8.52. The molecule has 1 aromatic heterocycles. The maximum absolute atomic E-state index is 14.0. The third-order valence-corrected chi connectivity index (χ3v) is 12.6. The number of amides is 4. The number of carboxylic acids is 2. The minimum absolute atomic E-state index is 0.0170. The summed E-state index contributed by atoms with van der Waals surface area (Å²) >= 11 is 0. The molecule has 1 aromatic carbocycles. The molecule has 4 amide bonds. The van der Waals surface area contributed by atoms with Gasteiger partial charge in [0.25, 0.3) is 5.56 Å². The quantitative estimate of drug-likeness (QED) is 0.0392. The van der Waals surface area contributed by atoms with Crippen LogP contribution < -0.4 is 54.2 Å². The zero-order valence-corrected chi connectivity index (χ0v) is 41.0. The highest BCUT2D eigenvalue weighted by Gasteiger charge is 2.54. The number of hydrogen-bond acceptors (Lipinski definition) is 20. The number of H-pyrrole nitrogens is 1. The Morgan fingerprint density at radius 3 is 2.19 bits per heavy atom. The molecule has 5 rings (SSSR count). The van der Waals surface area contributed by atoms with Crippen LogP contribution in [0.15, 0.2) is 57.2 Å². The molecular formula is C45H69N11O17. The highest BCUT2D eigenvalue weighted by molar-refractivity contribution is 5.94. The molecule has 28 heteroatoms. The molecule has 0 saturated carbocycles. The van der Waals surface area contributed by atoms with Gasteiger partial charge in [-0.2, -0.15) is 0 Å². The van der Waals surface area contributed by atoms with Gasteiger partial charge < -0.3 is 92.5 Å². The predicted octanol–water partition coefficient (Wildman–Crippen LogP) is -5.06. The molecule has 8 unspecified atom stereocenters. The van der Waals surface area contributed by atoms with E-state index in [0.717, 1.165) is 22.4 Å². The number of nitrogens with two attached hydrogens (primary N) is 1. The number of benzene rings is 1. The fraction of sp³-hybridized carbons (Fsp3) is 0.644. The summed E-state index contributed by atoms with van der Waals surface area (Å²) in [5.74, 6) is -5.84. The van der Waals surface area contributed by atoms with Crippen molar-refractivity contribution >= 4 is 35.7 Å². The number of carbonyl (C=O) groups excluding carboxylic acids is 3. The molecule has 4 heterocycles. The first-order chi connectivity index (χ1) is 34.6. The third kappa shape index (κ3) is 15.2. The number of carbonyl (C=O) groups is 5. The van der Waals surface area contributed by atoms with Crippen molar-refractivity contribution in [3.63, 3.8) is 0 Å². The number of rotatable bonds is 26. The van der Waals surface area contributed by atoms with E-state index in [4.69, 9.17) is 24.7 Å². The van der Waals surface area contributed by atoms with Crippen LogP contribution in [0.25, 0.3) is 0 Å². The topological polar surface area (TPSA) is 421 Å². The summed E-state index contributed by atoms with van der Waals surface area (Å²) in [5, 5.41) is 84.0. The van der Waals surface area contributed by atoms with Crippen molar-refractivity contribution in [1.82, 2.24) is 46.8 Å². The molecule has 73 heavy (non-hydrogen) atoms. The number of nitrogens with zero attached hydrogens (tertiary/aromatic N) is 2. The second-order valence-electron chi connectivity index (χ2n) is 18.5. The molecular weight excluding hydrogens is 967 g/mol. The minimum atomic E-state index is -1.92. The molecule has 15 atom stereocenters. The van der Waals surface area contributed by atoms with Crippen molar-refractivity contribution in [1.29, 1.82) is 0 Å². The molecule has 0 spiro atoms. The van der Waals surface area contributed by atoms with E-state index in [9.17, 15) is 64.2 Å². The Morgan fingerprint density at radius 1 is 0.877 bits per heavy atom. The molecule has 2 saturated heterocycles. The number of aliphatic hydroxyl groups is 4. The lowest BCUT2D eigenvalue weighted by Crippen LogP contribution is -2.66. The number of urea groups is 1. The minimum Gasteiger partial charge on any atom is -0.480 e. The van der Waals surface area contributed by atoms with E-state index in [1.807, 2.05) is 35.3 Å². The van der Waals surface area contributed by atoms with Gasteiger partial charge in [0.15, 0.2) is 18.5 Å². The SMILES string of the molecule is CO[C@H]1C(OC(C(NCCCNC(=O)C(NC(=O)C(NC(=O)NC(C(=O)O)C(C)C)C2CCN=C(N)N2)C(O)C(C)C)C(=O)O)[C@H]2O[C@@H](n3ccc(=O)[nH]c3=O)[C@H](O)[C@@H]2O)O[C@H](CNCc2ccccc2)[C@H]1O. The molecule has 406 valence electrons. The molecule has 0 bridgehead atoms. The average Bonchev–Trinajstić information content (AvgIpc) is 3.80. The molecule has 0 radical (unpaired) electrons. The van der Waals surface area contributed by atoms with Gasteiger partial charge in [0, 0.05) is 45.6 Å². The number of aliphatic imine (C=N–C) groups is 1. The number of guanidine groups is 1. The van der Waals surface area contributed by atoms with Crippen molar-refractivity contribution in [2.75, 3.05) is 33.3 Å². The van der Waals surface area contributed by atoms with E-state index < -0.39 is 144 Å². The number of hydrogen-bond donors (Lipinski definition) is 15. The number of nitrogens with one attached hydrogen (secondary N) is 8. The highest BCUT2D eigenvalue weighted by Crippen LogP contribution is 2.35. The van der Waals surface area contributed by atoms with Crippen LogP contribution >= 0.6 is 0 Å². The van der Waals surface area contributed by atoms with Crippen LogP contribution in [0.1, 0.15) is 52.3 Å². The zero-order valence-electron chi connectivity index (χ0n) is 41.0. The van der Waals surface area contributed by atoms with E-state index in [-0.39, 0.29) is 45.0 Å². The van der Waals surface area contributed by atoms with Gasteiger partial charge in [0.05, 0.1) is 12.1 Å². The van der Waals surface area contributed by atoms with Crippen LogP contribution in [0.3, 0.4) is 0 Å². The van der Waals surface area contributed by atoms with Crippen LogP contribution in [0.2, 0.25) is 0 Å². The van der Waals surface area contributed by atoms with Crippen molar-refractivity contribution in [3.8, 4) is 0 Å². The van der Waals surface area contributed by atoms with Crippen LogP contribution in [-0.2, 0) is 44.7 Å². The second-order valence-corrected chi connectivity index (χ2v) is 18.5. The van der Waals surface area contributed by atoms with Crippen molar-refractivity contribution < 1.29 is 73.6 Å². The van der Waals surface area contributed by atoms with Gasteiger partial charge >= 0.3 is 23.7 Å². The summed E-state index contributed by atoms with van der Waals surface area (Å²) in [5.41, 5.74) is 5.04. The molecule has 3 aliphatic heterocycles. The first-order valence-corrected chi connectivity index (χ1v) is 23.8. The van der Waals surface area contributed by atoms with Gasteiger partial charge in [-0.15, -0.1) is 0 Å². The number of methoxy groups -OCH3 is 1. The fourth-order valence-corrected chi connectivity index (χ4v) is 8.52. The maximum atomic E-state index is 14.0. The summed E-state index contributed by atoms with van der Waals surface area (Å²) in [6.07, 6.45) is -14.2. The number of ether oxygens (including phenoxy) is 4. The largest absolute Gasteiger partial charge is 0.480 e. The summed E-state index contributed by atoms with van der Waals surface area (Å²) in [4.78, 5) is 96.4. The van der Waals surface area contributed by atoms with Gasteiger partial charge in [-0.05, 0) is 36.8 Å². The molecule has 0 aliphatic carbocycles. The molecule has 16 N–H and O–H groups in total. The average molecular weight is 1040 g/mol. The highest BCUT2D eigenvalue weighted by atomic mass is 16.7. The van der Waals surface area contributed by atoms with Crippen LogP contribution in [0.5, 0.6) is 0 Å². The van der Waals surface area contributed by atoms with Gasteiger partial charge in [-0.3, -0.25) is 33.7 Å². The first kappa shape index (κ1) is 57.8. The first-order valence-electron chi connectivity index (χ1n) is 23.8. The number of aromatic amines is 1. The Kier molecular flexibility index (Phi) is 21.2. The number of aromatic nitrogens is 2. The molecule has 2 aromatic rings. The maximum Gasteiger partial charge on any atom is 0.330 e. The zero-order chi connectivity index (χ0) is 53.7. The smallest absolute Gasteiger partial charge is 0.330 e. The molecule has 2 fully saturated rings. The Balaban J connectivity index is 1.30. The van der Waals surface area contributed by atoms with E-state index in [0.29, 0.717) is 6.54 Å². The van der Waals surface area contributed by atoms with Crippen LogP contribution in [0, 0.1) is 11.8 Å². The second kappa shape index (κ2) is 26.7. The summed E-state index contributed by atoms with van der Waals surface area (Å²) < 4.78 is 24.6. The van der Waals surface area contributed by atoms with Gasteiger partial charge in [-0.25, -0.2) is 14.4 Å². The predicted molar refractivity (Wildman–Crippen MR) is 255 cm³/mol. The Hall–Kier alpha value is -6.08. The Labute approximate surface area is 418 Å². The lowest BCUT2D eigenvalue weighted by atomic mass is 9.97. The van der Waals surface area contributed by atoms with Gasteiger partial charge in [0.1, 0.15) is 66.9 Å². The van der Waals surface area contributed by atoms with E-state index in [2.05, 4.69) is 42.2 Å². The van der Waals surface area contributed by atoms with Gasteiger partial charge in [0.2, 0.25) is 11.8 Å². The normalized spacial score (nSPS) is 26.4. The lowest BCUT2D eigenvalue weighted by molar-refractivity contribution is -0.231. The van der Waals surface area contributed by atoms with Crippen LogP contribution in [0.4, 0.5) is 4.79 Å². The van der Waals surface area contributed by atoms with Crippen molar-refractivity contribution in [2.24, 2.45) is 22.6 Å². The van der Waals surface area contributed by atoms with E-state index in [1.54, 1.807) is 27.7 Å². The van der Waals surface area contributed by atoms with Gasteiger partial charge in [-0.1, -0.05) is 58.0 Å². The van der Waals surface area contributed by atoms with E-state index >= 15 is 0 Å². The van der Waals surface area contributed by atoms with Crippen molar-refractivity contribution in [3.05, 3.63) is 69.0 Å². The summed E-state index contributed by atoms with van der Waals surface area (Å²) in [7, 11) is 1.27. The summed E-state index contributed by atoms with van der Waals surface area (Å²) in [6, 6.07) is 2.25. The molecule has 3 aliphatic rings. The number of aliphatic carboxylic acids is 2. The Morgan fingerprint density at radius 2 is 1.58 bits per heavy atom. The number of carboxylic acid groups (broad SMARTS) is 2. The Bertz CT molecular complexity index is 2320. The third-order valence-electron chi connectivity index (χ3n) is 12.6.